The average Bonchev–Trinajstić information content (AvgIpc) is 2.70. The van der Waals surface area contributed by atoms with E-state index in [1.54, 1.807) is 12.4 Å². The molecule has 3 N–H and O–H groups in total. The Balaban J connectivity index is 1.63. The molecular formula is C21H24N4O2. The molecule has 0 amide bonds. The highest BCUT2D eigenvalue weighted by Gasteiger charge is 2.15. The summed E-state index contributed by atoms with van der Waals surface area (Å²) in [5.74, 6) is 1.74. The minimum Gasteiger partial charge on any atom is -0.508 e. The lowest BCUT2D eigenvalue weighted by molar-refractivity contribution is 0.241. The third kappa shape index (κ3) is 3.95. The number of fused-ring (bicyclic) bond motifs is 1. The van der Waals surface area contributed by atoms with Gasteiger partial charge < -0.3 is 20.5 Å². The Morgan fingerprint density at radius 2 is 2.15 bits per heavy atom. The predicted molar refractivity (Wildman–Crippen MR) is 107 cm³/mol. The first-order valence-electron chi connectivity index (χ1n) is 9.37. The molecule has 2 heterocycles. The van der Waals surface area contributed by atoms with E-state index in [0.29, 0.717) is 18.5 Å². The summed E-state index contributed by atoms with van der Waals surface area (Å²) >= 11 is 0. The van der Waals surface area contributed by atoms with Gasteiger partial charge in [-0.1, -0.05) is 12.5 Å². The summed E-state index contributed by atoms with van der Waals surface area (Å²) < 4.78 is 6.16. The molecule has 140 valence electrons. The van der Waals surface area contributed by atoms with Crippen molar-refractivity contribution >= 4 is 22.4 Å². The number of rotatable bonds is 5. The van der Waals surface area contributed by atoms with Crippen LogP contribution in [0.4, 0.5) is 11.5 Å². The van der Waals surface area contributed by atoms with Crippen molar-refractivity contribution in [1.82, 2.24) is 15.3 Å². The largest absolute Gasteiger partial charge is 0.508 e. The Morgan fingerprint density at radius 1 is 1.22 bits per heavy atom. The van der Waals surface area contributed by atoms with Gasteiger partial charge >= 0.3 is 0 Å². The Bertz CT molecular complexity index is 933. The Morgan fingerprint density at radius 3 is 2.96 bits per heavy atom. The molecule has 0 unspecified atom stereocenters. The van der Waals surface area contributed by atoms with Crippen LogP contribution in [-0.4, -0.2) is 34.3 Å². The number of aromatic hydroxyl groups is 1. The van der Waals surface area contributed by atoms with Crippen LogP contribution >= 0.6 is 0 Å². The van der Waals surface area contributed by atoms with Gasteiger partial charge in [-0.25, -0.2) is 9.97 Å². The van der Waals surface area contributed by atoms with Crippen molar-refractivity contribution in [2.45, 2.75) is 32.2 Å². The van der Waals surface area contributed by atoms with Crippen LogP contribution in [0.2, 0.25) is 0 Å². The van der Waals surface area contributed by atoms with Crippen LogP contribution in [0.15, 0.2) is 42.7 Å². The van der Waals surface area contributed by atoms with Gasteiger partial charge in [-0.15, -0.1) is 0 Å². The first kappa shape index (κ1) is 17.5. The van der Waals surface area contributed by atoms with Gasteiger partial charge in [-0.05, 0) is 62.2 Å². The zero-order valence-electron chi connectivity index (χ0n) is 15.4. The molecule has 0 spiro atoms. The molecule has 1 fully saturated rings. The number of nitrogens with one attached hydrogen (secondary N) is 2. The molecule has 3 aromatic rings. The Labute approximate surface area is 158 Å². The highest BCUT2D eigenvalue weighted by Crippen LogP contribution is 2.32. The van der Waals surface area contributed by atoms with E-state index < -0.39 is 0 Å². The topological polar surface area (TPSA) is 79.3 Å². The molecule has 0 aliphatic carbocycles. The summed E-state index contributed by atoms with van der Waals surface area (Å²) in [6.07, 6.45) is 5.16. The lowest BCUT2D eigenvalue weighted by Gasteiger charge is -2.24. The summed E-state index contributed by atoms with van der Waals surface area (Å²) in [6, 6.07) is 11.6. The molecule has 1 aliphatic rings. The summed E-state index contributed by atoms with van der Waals surface area (Å²) in [5, 5.41) is 17.4. The van der Waals surface area contributed by atoms with Crippen molar-refractivity contribution in [2.24, 2.45) is 0 Å². The van der Waals surface area contributed by atoms with Crippen molar-refractivity contribution in [2.75, 3.05) is 18.5 Å². The maximum absolute atomic E-state index is 9.74. The van der Waals surface area contributed by atoms with E-state index >= 15 is 0 Å². The third-order valence-electron chi connectivity index (χ3n) is 4.94. The van der Waals surface area contributed by atoms with Gasteiger partial charge in [0.2, 0.25) is 0 Å². The number of hydrogen-bond acceptors (Lipinski definition) is 6. The van der Waals surface area contributed by atoms with E-state index in [4.69, 9.17) is 4.74 Å². The molecule has 2 aromatic carbocycles. The van der Waals surface area contributed by atoms with Gasteiger partial charge in [-0.2, -0.15) is 0 Å². The van der Waals surface area contributed by atoms with Crippen molar-refractivity contribution in [3.05, 3.63) is 48.3 Å². The predicted octanol–water partition coefficient (Wildman–Crippen LogP) is 3.91. The van der Waals surface area contributed by atoms with Gasteiger partial charge in [0.15, 0.2) is 0 Å². The van der Waals surface area contributed by atoms with Gasteiger partial charge in [-0.3, -0.25) is 0 Å². The number of piperidine rings is 1. The first-order valence-corrected chi connectivity index (χ1v) is 9.37. The number of ether oxygens (including phenoxy) is 1. The quantitative estimate of drug-likeness (QED) is 0.596. The van der Waals surface area contributed by atoms with E-state index in [2.05, 4.69) is 20.6 Å². The van der Waals surface area contributed by atoms with Crippen molar-refractivity contribution in [3.8, 4) is 11.5 Å². The second kappa shape index (κ2) is 7.80. The van der Waals surface area contributed by atoms with Gasteiger partial charge in [0, 0.05) is 11.7 Å². The molecule has 0 bridgehead atoms. The normalized spacial score (nSPS) is 17.0. The molecule has 1 saturated heterocycles. The zero-order chi connectivity index (χ0) is 18.6. The van der Waals surface area contributed by atoms with Crippen LogP contribution in [0.3, 0.4) is 0 Å². The number of benzene rings is 2. The Hall–Kier alpha value is -2.86. The number of nitrogens with zero attached hydrogens (tertiary/aromatic N) is 2. The fraction of sp³-hybridized carbons (Fsp3) is 0.333. The van der Waals surface area contributed by atoms with E-state index in [-0.39, 0.29) is 5.75 Å². The van der Waals surface area contributed by atoms with Gasteiger partial charge in [0.05, 0.1) is 10.9 Å². The lowest BCUT2D eigenvalue weighted by atomic mass is 10.1. The molecule has 0 saturated carbocycles. The molecule has 6 nitrogen and oxygen atoms in total. The van der Waals surface area contributed by atoms with Crippen molar-refractivity contribution in [3.63, 3.8) is 0 Å². The smallest absolute Gasteiger partial charge is 0.145 e. The number of phenolic OH excluding ortho intramolecular Hbond substituents is 1. The maximum Gasteiger partial charge on any atom is 0.145 e. The molecule has 1 aliphatic heterocycles. The third-order valence-corrected chi connectivity index (χ3v) is 4.94. The average molecular weight is 364 g/mol. The number of hydrogen-bond donors (Lipinski definition) is 3. The summed E-state index contributed by atoms with van der Waals surface area (Å²) in [5.41, 5.74) is 2.49. The first-order chi connectivity index (χ1) is 13.2. The van der Waals surface area contributed by atoms with Gasteiger partial charge in [0.25, 0.3) is 0 Å². The van der Waals surface area contributed by atoms with Crippen molar-refractivity contribution < 1.29 is 9.84 Å². The van der Waals surface area contributed by atoms with Crippen LogP contribution in [0.5, 0.6) is 11.5 Å². The van der Waals surface area contributed by atoms with Crippen LogP contribution in [-0.2, 0) is 0 Å². The molecule has 6 heteroatoms. The van der Waals surface area contributed by atoms with Crippen LogP contribution in [0, 0.1) is 6.92 Å². The molecule has 4 rings (SSSR count). The summed E-state index contributed by atoms with van der Waals surface area (Å²) in [4.78, 5) is 8.81. The molecule has 1 atom stereocenters. The van der Waals surface area contributed by atoms with E-state index in [1.807, 2.05) is 37.3 Å². The maximum atomic E-state index is 9.74. The number of aryl methyl sites for hydroxylation is 1. The molecule has 1 aromatic heterocycles. The van der Waals surface area contributed by atoms with E-state index in [0.717, 1.165) is 40.9 Å². The second-order valence-corrected chi connectivity index (χ2v) is 6.96. The molecule has 27 heavy (non-hydrogen) atoms. The van der Waals surface area contributed by atoms with Crippen LogP contribution in [0.25, 0.3) is 10.9 Å². The summed E-state index contributed by atoms with van der Waals surface area (Å²) in [7, 11) is 0. The molecular weight excluding hydrogens is 340 g/mol. The zero-order valence-corrected chi connectivity index (χ0v) is 15.4. The van der Waals surface area contributed by atoms with E-state index in [9.17, 15) is 5.11 Å². The van der Waals surface area contributed by atoms with Crippen molar-refractivity contribution in [1.29, 1.82) is 0 Å². The minimum absolute atomic E-state index is 0.275. The highest BCUT2D eigenvalue weighted by molar-refractivity contribution is 5.95. The van der Waals surface area contributed by atoms with E-state index in [1.165, 1.54) is 12.8 Å². The Kier molecular flexibility index (Phi) is 5.07. The minimum atomic E-state index is 0.275. The van der Waals surface area contributed by atoms with Crippen LogP contribution < -0.4 is 15.4 Å². The summed E-state index contributed by atoms with van der Waals surface area (Å²) in [6.45, 7) is 3.55. The number of phenols is 1. The second-order valence-electron chi connectivity index (χ2n) is 6.96. The van der Waals surface area contributed by atoms with Gasteiger partial charge in [0.1, 0.15) is 30.3 Å². The molecule has 0 radical (unpaired) electrons. The fourth-order valence-electron chi connectivity index (χ4n) is 3.42. The fourth-order valence-corrected chi connectivity index (χ4v) is 3.42. The standard InChI is InChI=1S/C21H24N4O2/c1-14-11-15(8-9-18(14)26)25-21-20-17(23-13-24-21)6-4-7-19(20)27-12-16-5-2-3-10-22-16/h4,6-9,11,13,16,22,26H,2-3,5,10,12H2,1H3,(H,23,24,25)/t16-/m1/s1. The SMILES string of the molecule is Cc1cc(Nc2ncnc3cccc(OC[C@H]4CCCCN4)c23)ccc1O. The number of anilines is 2. The monoisotopic (exact) mass is 364 g/mol. The lowest BCUT2D eigenvalue weighted by Crippen LogP contribution is -2.38. The van der Waals surface area contributed by atoms with Crippen LogP contribution in [0.1, 0.15) is 24.8 Å². The highest BCUT2D eigenvalue weighted by atomic mass is 16.5. The number of aromatic nitrogens is 2.